The summed E-state index contributed by atoms with van der Waals surface area (Å²) in [6.45, 7) is 2.03. The Morgan fingerprint density at radius 2 is 2.36 bits per heavy atom. The second-order valence-corrected chi connectivity index (χ2v) is 3.89. The van der Waals surface area contributed by atoms with Crippen molar-refractivity contribution in [2.45, 2.75) is 38.6 Å². The number of hydrogen-bond donors (Lipinski definition) is 1. The van der Waals surface area contributed by atoms with Gasteiger partial charge in [-0.1, -0.05) is 12.1 Å². The Labute approximate surface area is 84.1 Å². The minimum atomic E-state index is 0.514. The zero-order valence-corrected chi connectivity index (χ0v) is 8.79. The van der Waals surface area contributed by atoms with Gasteiger partial charge in [-0.05, 0) is 25.8 Å². The number of likely N-dealkylation sites (N-methyl/N-ethyl adjacent to an activating group) is 1. The lowest BCUT2D eigenvalue weighted by molar-refractivity contribution is 0.349. The molecule has 0 aliphatic heterocycles. The largest absolute Gasteiger partial charge is 0.339 e. The third-order valence-electron chi connectivity index (χ3n) is 2.78. The molecule has 1 aromatic heterocycles. The van der Waals surface area contributed by atoms with Gasteiger partial charge in [0.05, 0.1) is 0 Å². The predicted octanol–water partition coefficient (Wildman–Crippen LogP) is 1.17. The number of aryl methyl sites for hydroxylation is 1. The van der Waals surface area contributed by atoms with Gasteiger partial charge < -0.3 is 9.84 Å². The monoisotopic (exact) mass is 195 g/mol. The Bertz CT molecular complexity index is 293. The number of hydrogen-bond acceptors (Lipinski definition) is 4. The van der Waals surface area contributed by atoms with Crippen LogP contribution in [0.3, 0.4) is 0 Å². The lowest BCUT2D eigenvalue weighted by Gasteiger charge is -2.11. The molecule has 4 heteroatoms. The fourth-order valence-corrected chi connectivity index (χ4v) is 1.71. The number of nitrogens with zero attached hydrogens (tertiary/aromatic N) is 2. The summed E-state index contributed by atoms with van der Waals surface area (Å²) in [5.41, 5.74) is 0. The molecule has 4 nitrogen and oxygen atoms in total. The summed E-state index contributed by atoms with van der Waals surface area (Å²) in [5.74, 6) is 2.40. The lowest BCUT2D eigenvalue weighted by atomic mass is 10.1. The third-order valence-corrected chi connectivity index (χ3v) is 2.78. The van der Waals surface area contributed by atoms with Crippen LogP contribution in [0.25, 0.3) is 0 Å². The molecule has 0 radical (unpaired) electrons. The fraction of sp³-hybridized carbons (Fsp3) is 0.800. The second-order valence-electron chi connectivity index (χ2n) is 3.89. The van der Waals surface area contributed by atoms with Crippen molar-refractivity contribution in [3.63, 3.8) is 0 Å². The minimum absolute atomic E-state index is 0.514. The molecule has 0 amide bonds. The van der Waals surface area contributed by atoms with Crippen LogP contribution >= 0.6 is 0 Å². The van der Waals surface area contributed by atoms with Crippen LogP contribution in [0.4, 0.5) is 0 Å². The standard InChI is InChI=1S/C10H17N3O/c1-3-9-12-10(14-13-9)6-8(11-2)7-4-5-7/h7-8,11H,3-6H2,1-2H3. The molecule has 0 bridgehead atoms. The number of aromatic nitrogens is 2. The lowest BCUT2D eigenvalue weighted by Crippen LogP contribution is -2.29. The smallest absolute Gasteiger partial charge is 0.228 e. The Kier molecular flexibility index (Phi) is 2.82. The Morgan fingerprint density at radius 1 is 1.57 bits per heavy atom. The zero-order chi connectivity index (χ0) is 9.97. The highest BCUT2D eigenvalue weighted by molar-refractivity contribution is 4.94. The summed E-state index contributed by atoms with van der Waals surface area (Å²) in [7, 11) is 2.00. The topological polar surface area (TPSA) is 51.0 Å². The van der Waals surface area contributed by atoms with Gasteiger partial charge >= 0.3 is 0 Å². The summed E-state index contributed by atoms with van der Waals surface area (Å²) < 4.78 is 5.16. The van der Waals surface area contributed by atoms with Gasteiger partial charge in [0.25, 0.3) is 0 Å². The summed E-state index contributed by atoms with van der Waals surface area (Å²) in [4.78, 5) is 4.31. The van der Waals surface area contributed by atoms with E-state index in [1.165, 1.54) is 12.8 Å². The van der Waals surface area contributed by atoms with E-state index in [9.17, 15) is 0 Å². The van der Waals surface area contributed by atoms with Crippen LogP contribution in [-0.4, -0.2) is 23.2 Å². The van der Waals surface area contributed by atoms with Gasteiger partial charge in [-0.3, -0.25) is 0 Å². The van der Waals surface area contributed by atoms with E-state index in [-0.39, 0.29) is 0 Å². The molecule has 2 rings (SSSR count). The molecule has 78 valence electrons. The van der Waals surface area contributed by atoms with E-state index < -0.39 is 0 Å². The first-order valence-electron chi connectivity index (χ1n) is 5.32. The fourth-order valence-electron chi connectivity index (χ4n) is 1.71. The summed E-state index contributed by atoms with van der Waals surface area (Å²) in [5, 5.41) is 7.20. The molecule has 14 heavy (non-hydrogen) atoms. The number of nitrogens with one attached hydrogen (secondary N) is 1. The zero-order valence-electron chi connectivity index (χ0n) is 8.79. The van der Waals surface area contributed by atoms with Crippen LogP contribution in [0.2, 0.25) is 0 Å². The molecule has 0 aromatic carbocycles. The van der Waals surface area contributed by atoms with Crippen LogP contribution in [0, 0.1) is 5.92 Å². The quantitative estimate of drug-likeness (QED) is 0.766. The van der Waals surface area contributed by atoms with E-state index in [2.05, 4.69) is 15.5 Å². The average Bonchev–Trinajstić information content (AvgIpc) is 2.95. The normalized spacial score (nSPS) is 18.4. The summed E-state index contributed by atoms with van der Waals surface area (Å²) >= 11 is 0. The van der Waals surface area contributed by atoms with Crippen LogP contribution in [0.15, 0.2) is 4.52 Å². The van der Waals surface area contributed by atoms with Gasteiger partial charge in [0, 0.05) is 18.9 Å². The Hall–Kier alpha value is -0.900. The van der Waals surface area contributed by atoms with E-state index in [0.717, 1.165) is 30.5 Å². The molecule has 1 heterocycles. The number of rotatable bonds is 5. The van der Waals surface area contributed by atoms with Crippen molar-refractivity contribution >= 4 is 0 Å². The molecule has 1 aromatic rings. The maximum atomic E-state index is 5.16. The van der Waals surface area contributed by atoms with Crippen molar-refractivity contribution in [2.24, 2.45) is 5.92 Å². The third kappa shape index (κ3) is 2.12. The van der Waals surface area contributed by atoms with Crippen molar-refractivity contribution in [1.82, 2.24) is 15.5 Å². The first-order chi connectivity index (χ1) is 6.83. The van der Waals surface area contributed by atoms with Crippen molar-refractivity contribution in [3.8, 4) is 0 Å². The molecule has 1 aliphatic carbocycles. The molecule has 1 atom stereocenters. The SMILES string of the molecule is CCc1noc(CC(NC)C2CC2)n1. The summed E-state index contributed by atoms with van der Waals surface area (Å²) in [6.07, 6.45) is 4.38. The molecule has 1 unspecified atom stereocenters. The highest BCUT2D eigenvalue weighted by Crippen LogP contribution is 2.33. The maximum absolute atomic E-state index is 5.16. The van der Waals surface area contributed by atoms with Crippen molar-refractivity contribution in [2.75, 3.05) is 7.05 Å². The van der Waals surface area contributed by atoms with Crippen molar-refractivity contribution in [3.05, 3.63) is 11.7 Å². The molecule has 0 spiro atoms. The van der Waals surface area contributed by atoms with Gasteiger partial charge in [-0.2, -0.15) is 4.98 Å². The molecular formula is C10H17N3O. The van der Waals surface area contributed by atoms with E-state index in [4.69, 9.17) is 4.52 Å². The van der Waals surface area contributed by atoms with Gasteiger partial charge in [0.15, 0.2) is 5.82 Å². The predicted molar refractivity (Wildman–Crippen MR) is 53.0 cm³/mol. The maximum Gasteiger partial charge on any atom is 0.228 e. The first kappa shape index (κ1) is 9.65. The van der Waals surface area contributed by atoms with Crippen LogP contribution in [0.5, 0.6) is 0 Å². The Morgan fingerprint density at radius 3 is 2.86 bits per heavy atom. The van der Waals surface area contributed by atoms with Crippen LogP contribution < -0.4 is 5.32 Å². The van der Waals surface area contributed by atoms with E-state index >= 15 is 0 Å². The molecule has 1 fully saturated rings. The molecule has 1 saturated carbocycles. The highest BCUT2D eigenvalue weighted by atomic mass is 16.5. The summed E-state index contributed by atoms with van der Waals surface area (Å²) in [6, 6.07) is 0.514. The minimum Gasteiger partial charge on any atom is -0.339 e. The second kappa shape index (κ2) is 4.09. The van der Waals surface area contributed by atoms with Gasteiger partial charge in [-0.25, -0.2) is 0 Å². The van der Waals surface area contributed by atoms with Crippen LogP contribution in [0.1, 0.15) is 31.5 Å². The highest BCUT2D eigenvalue weighted by Gasteiger charge is 2.31. The van der Waals surface area contributed by atoms with Crippen LogP contribution in [-0.2, 0) is 12.8 Å². The van der Waals surface area contributed by atoms with Crippen molar-refractivity contribution in [1.29, 1.82) is 0 Å². The van der Waals surface area contributed by atoms with Crippen molar-refractivity contribution < 1.29 is 4.52 Å². The van der Waals surface area contributed by atoms with E-state index in [0.29, 0.717) is 6.04 Å². The van der Waals surface area contributed by atoms with E-state index in [1.54, 1.807) is 0 Å². The molecular weight excluding hydrogens is 178 g/mol. The van der Waals surface area contributed by atoms with E-state index in [1.807, 2.05) is 14.0 Å². The average molecular weight is 195 g/mol. The molecule has 0 saturated heterocycles. The molecule has 1 aliphatic rings. The first-order valence-corrected chi connectivity index (χ1v) is 5.32. The Balaban J connectivity index is 1.94. The van der Waals surface area contributed by atoms with Gasteiger partial charge in [-0.15, -0.1) is 0 Å². The van der Waals surface area contributed by atoms with Gasteiger partial charge in [0.1, 0.15) is 0 Å². The van der Waals surface area contributed by atoms with Gasteiger partial charge in [0.2, 0.25) is 5.89 Å². The molecule has 1 N–H and O–H groups in total.